The molecule has 6 heteroatoms. The van der Waals surface area contributed by atoms with Gasteiger partial charge in [-0.3, -0.25) is 14.8 Å². The fraction of sp³-hybridized carbons (Fsp3) is 0.462. The highest BCUT2D eigenvalue weighted by atomic mass is 16.1. The zero-order chi connectivity index (χ0) is 22.4. The van der Waals surface area contributed by atoms with Crippen LogP contribution in [-0.2, 0) is 6.54 Å². The molecule has 2 aliphatic heterocycles. The molecule has 0 spiro atoms. The zero-order valence-corrected chi connectivity index (χ0v) is 19.5. The van der Waals surface area contributed by atoms with Crippen molar-refractivity contribution in [2.45, 2.75) is 38.8 Å². The Morgan fingerprint density at radius 2 is 2.00 bits per heavy atom. The molecule has 0 amide bonds. The van der Waals surface area contributed by atoms with E-state index in [0.717, 1.165) is 38.3 Å². The summed E-state index contributed by atoms with van der Waals surface area (Å²) in [6.07, 6.45) is 3.14. The van der Waals surface area contributed by atoms with Crippen molar-refractivity contribution < 1.29 is 0 Å². The van der Waals surface area contributed by atoms with Crippen molar-refractivity contribution >= 4 is 0 Å². The normalized spacial score (nSPS) is 22.8. The first-order valence-electron chi connectivity index (χ1n) is 11.6. The van der Waals surface area contributed by atoms with Gasteiger partial charge in [0.15, 0.2) is 0 Å². The smallest absolute Gasteiger partial charge is 0.251 e. The maximum absolute atomic E-state index is 12.8. The van der Waals surface area contributed by atoms with Crippen molar-refractivity contribution in [3.8, 4) is 11.3 Å². The van der Waals surface area contributed by atoms with Crippen LogP contribution in [0.1, 0.15) is 40.8 Å². The second-order valence-corrected chi connectivity index (χ2v) is 9.96. The molecule has 2 bridgehead atoms. The number of fused-ring (bicyclic) bond motifs is 4. The molecule has 2 aromatic heterocycles. The molecule has 1 N–H and O–H groups in total. The van der Waals surface area contributed by atoms with Crippen molar-refractivity contribution in [2.24, 2.45) is 5.92 Å². The number of piperidine rings is 1. The number of rotatable bonds is 5. The molecule has 168 valence electrons. The van der Waals surface area contributed by atoms with Crippen molar-refractivity contribution in [3.63, 3.8) is 0 Å². The first-order chi connectivity index (χ1) is 15.4. The van der Waals surface area contributed by atoms with Crippen LogP contribution in [0.4, 0.5) is 0 Å². The number of nitrogens with one attached hydrogen (secondary N) is 1. The van der Waals surface area contributed by atoms with Crippen molar-refractivity contribution in [1.82, 2.24) is 24.6 Å². The van der Waals surface area contributed by atoms with Crippen LogP contribution < -0.4 is 5.56 Å². The predicted octanol–water partition coefficient (Wildman–Crippen LogP) is 3.58. The first-order valence-corrected chi connectivity index (χ1v) is 11.6. The minimum absolute atomic E-state index is 0.143. The zero-order valence-electron chi connectivity index (χ0n) is 19.5. The van der Waals surface area contributed by atoms with Crippen LogP contribution in [0.3, 0.4) is 0 Å². The van der Waals surface area contributed by atoms with E-state index in [9.17, 15) is 4.79 Å². The van der Waals surface area contributed by atoms with Gasteiger partial charge in [-0.05, 0) is 58.0 Å². The van der Waals surface area contributed by atoms with Gasteiger partial charge in [0.2, 0.25) is 0 Å². The van der Waals surface area contributed by atoms with Gasteiger partial charge in [0, 0.05) is 55.0 Å². The number of likely N-dealkylation sites (tertiary alicyclic amines) is 1. The molecule has 0 radical (unpaired) electrons. The highest BCUT2D eigenvalue weighted by Crippen LogP contribution is 2.42. The van der Waals surface area contributed by atoms with Gasteiger partial charge in [-0.1, -0.05) is 23.8 Å². The van der Waals surface area contributed by atoms with Crippen LogP contribution in [0.5, 0.6) is 0 Å². The van der Waals surface area contributed by atoms with Gasteiger partial charge in [0.05, 0.1) is 17.9 Å². The molecule has 1 saturated heterocycles. The van der Waals surface area contributed by atoms with Crippen molar-refractivity contribution in [3.05, 3.63) is 75.3 Å². The number of H-pyrrole nitrogens is 1. The molecule has 5 rings (SSSR count). The maximum atomic E-state index is 12.8. The van der Waals surface area contributed by atoms with E-state index < -0.39 is 0 Å². The van der Waals surface area contributed by atoms with Gasteiger partial charge >= 0.3 is 0 Å². The first kappa shape index (κ1) is 21.2. The van der Waals surface area contributed by atoms with Crippen molar-refractivity contribution in [1.29, 1.82) is 0 Å². The molecule has 3 atom stereocenters. The fourth-order valence-corrected chi connectivity index (χ4v) is 5.78. The molecule has 0 unspecified atom stereocenters. The topological polar surface area (TPSA) is 57.2 Å². The third-order valence-electron chi connectivity index (χ3n) is 7.20. The Labute approximate surface area is 189 Å². The van der Waals surface area contributed by atoms with Crippen LogP contribution in [0.25, 0.3) is 11.3 Å². The van der Waals surface area contributed by atoms with E-state index in [1.54, 1.807) is 6.07 Å². The standard InChI is InChI=1S/C26H33N5O/c1-17-8-9-18(2)22(10-17)26-21(12-27-28-26)15-30-13-19-11-20(14-30)24(16-29(3)4)31-23(19)6-5-7-25(31)32/h5-10,12,19-20,24H,11,13-16H2,1-4H3,(H,27,28)/t19-,20+,24+/m1/s1. The van der Waals surface area contributed by atoms with Gasteiger partial charge < -0.3 is 9.47 Å². The molecule has 4 heterocycles. The number of aryl methyl sites for hydroxylation is 2. The van der Waals surface area contributed by atoms with E-state index in [2.05, 4.69) is 76.8 Å². The lowest BCUT2D eigenvalue weighted by Gasteiger charge is -2.47. The average Bonchev–Trinajstić information content (AvgIpc) is 3.20. The molecule has 1 fully saturated rings. The van der Waals surface area contributed by atoms with E-state index >= 15 is 0 Å². The number of benzene rings is 1. The number of aromatic amines is 1. The van der Waals surface area contributed by atoms with E-state index in [-0.39, 0.29) is 11.6 Å². The van der Waals surface area contributed by atoms with E-state index in [0.29, 0.717) is 11.8 Å². The fourth-order valence-electron chi connectivity index (χ4n) is 5.78. The Bertz CT molecular complexity index is 1180. The predicted molar refractivity (Wildman–Crippen MR) is 128 cm³/mol. The molecule has 3 aromatic rings. The minimum Gasteiger partial charge on any atom is -0.308 e. The number of likely N-dealkylation sites (N-methyl/N-ethyl adjacent to an activating group) is 1. The SMILES string of the molecule is Cc1ccc(C)c(-c2[nH]ncc2CN2C[C@H]3C[C@@H](C2)[C@H](CN(C)C)n2c3cccc2=O)c1. The van der Waals surface area contributed by atoms with Gasteiger partial charge in [-0.25, -0.2) is 0 Å². The molecule has 6 nitrogen and oxygen atoms in total. The van der Waals surface area contributed by atoms with Crippen LogP contribution in [0, 0.1) is 19.8 Å². The number of hydrogen-bond donors (Lipinski definition) is 1. The van der Waals surface area contributed by atoms with E-state index in [4.69, 9.17) is 0 Å². The highest BCUT2D eigenvalue weighted by molar-refractivity contribution is 5.67. The van der Waals surface area contributed by atoms with E-state index in [1.165, 1.54) is 27.9 Å². The van der Waals surface area contributed by atoms with Gasteiger partial charge in [-0.2, -0.15) is 5.10 Å². The molecule has 32 heavy (non-hydrogen) atoms. The summed E-state index contributed by atoms with van der Waals surface area (Å²) in [5.41, 5.74) is 7.47. The Morgan fingerprint density at radius 3 is 2.81 bits per heavy atom. The van der Waals surface area contributed by atoms with Crippen LogP contribution in [-0.4, -0.2) is 58.3 Å². The second kappa shape index (κ2) is 8.34. The number of nitrogens with zero attached hydrogens (tertiary/aromatic N) is 4. The van der Waals surface area contributed by atoms with Crippen LogP contribution in [0.2, 0.25) is 0 Å². The highest BCUT2D eigenvalue weighted by Gasteiger charge is 2.40. The summed E-state index contributed by atoms with van der Waals surface area (Å²) in [5.74, 6) is 0.872. The number of pyridine rings is 1. The Balaban J connectivity index is 1.45. The van der Waals surface area contributed by atoms with Crippen LogP contribution in [0.15, 0.2) is 47.4 Å². The summed E-state index contributed by atoms with van der Waals surface area (Å²) in [6.45, 7) is 8.04. The second-order valence-electron chi connectivity index (χ2n) is 9.96. The minimum atomic E-state index is 0.143. The third-order valence-corrected chi connectivity index (χ3v) is 7.20. The van der Waals surface area contributed by atoms with Gasteiger partial charge in [0.1, 0.15) is 0 Å². The quantitative estimate of drug-likeness (QED) is 0.671. The number of hydrogen-bond acceptors (Lipinski definition) is 4. The summed E-state index contributed by atoms with van der Waals surface area (Å²) in [4.78, 5) is 17.6. The summed E-state index contributed by atoms with van der Waals surface area (Å²) >= 11 is 0. The van der Waals surface area contributed by atoms with Gasteiger partial charge in [0.25, 0.3) is 5.56 Å². The molecular weight excluding hydrogens is 398 g/mol. The van der Waals surface area contributed by atoms with E-state index in [1.807, 2.05) is 12.3 Å². The molecule has 0 saturated carbocycles. The molecule has 0 aliphatic carbocycles. The lowest BCUT2D eigenvalue weighted by molar-refractivity contribution is 0.0744. The Kier molecular flexibility index (Phi) is 5.51. The van der Waals surface area contributed by atoms with Crippen molar-refractivity contribution in [2.75, 3.05) is 33.7 Å². The lowest BCUT2D eigenvalue weighted by Crippen LogP contribution is -2.51. The monoisotopic (exact) mass is 431 g/mol. The molecular formula is C26H33N5O. The molecule has 1 aromatic carbocycles. The van der Waals surface area contributed by atoms with Crippen LogP contribution >= 0.6 is 0 Å². The number of aromatic nitrogens is 3. The maximum Gasteiger partial charge on any atom is 0.251 e. The summed E-state index contributed by atoms with van der Waals surface area (Å²) in [5, 5.41) is 7.66. The average molecular weight is 432 g/mol. The summed E-state index contributed by atoms with van der Waals surface area (Å²) in [6, 6.07) is 12.6. The molecule has 2 aliphatic rings. The van der Waals surface area contributed by atoms with Gasteiger partial charge in [-0.15, -0.1) is 0 Å². The lowest BCUT2D eigenvalue weighted by atomic mass is 9.78. The Morgan fingerprint density at radius 1 is 1.16 bits per heavy atom. The summed E-state index contributed by atoms with van der Waals surface area (Å²) < 4.78 is 2.09. The Hall–Kier alpha value is -2.70. The largest absolute Gasteiger partial charge is 0.308 e. The summed E-state index contributed by atoms with van der Waals surface area (Å²) in [7, 11) is 4.20. The third kappa shape index (κ3) is 3.82.